The van der Waals surface area contributed by atoms with Crippen molar-refractivity contribution in [1.29, 1.82) is 0 Å². The average Bonchev–Trinajstić information content (AvgIpc) is 2.35. The second kappa shape index (κ2) is 5.82. The Hall–Kier alpha value is -1.13. The molecule has 1 N–H and O–H groups in total. The second-order valence-electron chi connectivity index (χ2n) is 3.12. The van der Waals surface area contributed by atoms with Crippen LogP contribution in [0.5, 0.6) is 17.2 Å². The second-order valence-corrected chi connectivity index (χ2v) is 3.42. The third-order valence-electron chi connectivity index (χ3n) is 2.23. The Balaban J connectivity index is 3.31. The highest BCUT2D eigenvalue weighted by Gasteiger charge is 2.19. The number of aliphatic hydroxyl groups excluding tert-OH is 1. The summed E-state index contributed by atoms with van der Waals surface area (Å²) in [6.45, 7) is 0. The Labute approximate surface area is 99.7 Å². The monoisotopic (exact) mass is 246 g/mol. The van der Waals surface area contributed by atoms with Gasteiger partial charge in [-0.25, -0.2) is 0 Å². The van der Waals surface area contributed by atoms with Crippen LogP contribution in [0, 0.1) is 0 Å². The summed E-state index contributed by atoms with van der Waals surface area (Å²) in [5.74, 6) is 1.65. The van der Waals surface area contributed by atoms with Gasteiger partial charge in [0.05, 0.1) is 38.9 Å². The zero-order valence-electron chi connectivity index (χ0n) is 9.49. The Morgan fingerprint density at radius 2 is 1.62 bits per heavy atom. The maximum Gasteiger partial charge on any atom is 0.132 e. The van der Waals surface area contributed by atoms with Crippen molar-refractivity contribution in [3.05, 3.63) is 17.7 Å². The van der Waals surface area contributed by atoms with E-state index in [0.29, 0.717) is 22.8 Å². The van der Waals surface area contributed by atoms with Crippen LogP contribution in [0.3, 0.4) is 0 Å². The number of halogens is 1. The van der Waals surface area contributed by atoms with Crippen LogP contribution in [0.25, 0.3) is 0 Å². The summed E-state index contributed by atoms with van der Waals surface area (Å²) in [7, 11) is 4.57. The molecule has 0 aliphatic rings. The van der Waals surface area contributed by atoms with Gasteiger partial charge in [0.2, 0.25) is 0 Å². The molecule has 4 nitrogen and oxygen atoms in total. The lowest BCUT2D eigenvalue weighted by molar-refractivity contribution is 0.192. The highest BCUT2D eigenvalue weighted by atomic mass is 35.5. The Bertz CT molecular complexity index is 329. The van der Waals surface area contributed by atoms with Crippen molar-refractivity contribution >= 4 is 11.6 Å². The molecule has 1 aromatic carbocycles. The lowest BCUT2D eigenvalue weighted by atomic mass is 10.1. The summed E-state index contributed by atoms with van der Waals surface area (Å²) in [5, 5.41) is 9.78. The first-order valence-corrected chi connectivity index (χ1v) is 5.25. The van der Waals surface area contributed by atoms with Crippen LogP contribution in [0.2, 0.25) is 0 Å². The van der Waals surface area contributed by atoms with Gasteiger partial charge in [0.15, 0.2) is 0 Å². The van der Waals surface area contributed by atoms with Crippen LogP contribution in [0.1, 0.15) is 11.7 Å². The molecule has 0 fully saturated rings. The van der Waals surface area contributed by atoms with E-state index in [4.69, 9.17) is 25.8 Å². The van der Waals surface area contributed by atoms with Crippen molar-refractivity contribution in [3.8, 4) is 17.2 Å². The molecule has 0 aromatic heterocycles. The van der Waals surface area contributed by atoms with Gasteiger partial charge in [-0.1, -0.05) is 0 Å². The first-order chi connectivity index (χ1) is 7.67. The Morgan fingerprint density at radius 3 is 1.94 bits per heavy atom. The highest BCUT2D eigenvalue weighted by Crippen LogP contribution is 2.38. The van der Waals surface area contributed by atoms with Gasteiger partial charge in [0.1, 0.15) is 17.2 Å². The largest absolute Gasteiger partial charge is 0.496 e. The Morgan fingerprint density at radius 1 is 1.12 bits per heavy atom. The zero-order chi connectivity index (χ0) is 12.1. The molecule has 90 valence electrons. The summed E-state index contributed by atoms with van der Waals surface area (Å²) in [5.41, 5.74) is 0.529. The molecule has 0 aliphatic heterocycles. The van der Waals surface area contributed by atoms with E-state index >= 15 is 0 Å². The van der Waals surface area contributed by atoms with Gasteiger partial charge in [-0.3, -0.25) is 0 Å². The molecule has 0 heterocycles. The normalized spacial score (nSPS) is 12.1. The predicted octanol–water partition coefficient (Wildman–Crippen LogP) is 1.98. The van der Waals surface area contributed by atoms with Gasteiger partial charge in [-0.05, 0) is 0 Å². The highest BCUT2D eigenvalue weighted by molar-refractivity contribution is 6.18. The number of aliphatic hydroxyl groups is 1. The molecule has 0 saturated carbocycles. The fraction of sp³-hybridized carbons (Fsp3) is 0.455. The fourth-order valence-electron chi connectivity index (χ4n) is 1.44. The van der Waals surface area contributed by atoms with Crippen molar-refractivity contribution in [2.75, 3.05) is 27.2 Å². The molecule has 0 radical (unpaired) electrons. The molecule has 0 aliphatic carbocycles. The quantitative estimate of drug-likeness (QED) is 0.808. The van der Waals surface area contributed by atoms with Crippen LogP contribution in [0.15, 0.2) is 12.1 Å². The number of hydrogen-bond donors (Lipinski definition) is 1. The van der Waals surface area contributed by atoms with Gasteiger partial charge in [0, 0.05) is 12.1 Å². The van der Waals surface area contributed by atoms with Gasteiger partial charge in [-0.2, -0.15) is 0 Å². The third-order valence-corrected chi connectivity index (χ3v) is 2.52. The zero-order valence-corrected chi connectivity index (χ0v) is 10.2. The van der Waals surface area contributed by atoms with Crippen LogP contribution < -0.4 is 14.2 Å². The molecular formula is C11H15ClO4. The molecule has 0 bridgehead atoms. The van der Waals surface area contributed by atoms with E-state index in [1.165, 1.54) is 14.2 Å². The van der Waals surface area contributed by atoms with Crippen LogP contribution >= 0.6 is 11.6 Å². The number of alkyl halides is 1. The smallest absolute Gasteiger partial charge is 0.132 e. The SMILES string of the molecule is COc1cc(OC)c(C(O)CCl)c(OC)c1. The molecular weight excluding hydrogens is 232 g/mol. The van der Waals surface area contributed by atoms with E-state index in [1.54, 1.807) is 19.2 Å². The van der Waals surface area contributed by atoms with Crippen molar-refractivity contribution in [2.24, 2.45) is 0 Å². The van der Waals surface area contributed by atoms with Gasteiger partial charge >= 0.3 is 0 Å². The van der Waals surface area contributed by atoms with Gasteiger partial charge in [-0.15, -0.1) is 11.6 Å². The van der Waals surface area contributed by atoms with Gasteiger partial charge < -0.3 is 19.3 Å². The molecule has 16 heavy (non-hydrogen) atoms. The summed E-state index contributed by atoms with van der Waals surface area (Å²) < 4.78 is 15.4. The lowest BCUT2D eigenvalue weighted by Crippen LogP contribution is -2.05. The van der Waals surface area contributed by atoms with Crippen LogP contribution in [0.4, 0.5) is 0 Å². The van der Waals surface area contributed by atoms with Crippen molar-refractivity contribution in [2.45, 2.75) is 6.10 Å². The van der Waals surface area contributed by atoms with E-state index in [9.17, 15) is 5.11 Å². The van der Waals surface area contributed by atoms with E-state index < -0.39 is 6.10 Å². The van der Waals surface area contributed by atoms with Crippen molar-refractivity contribution in [3.63, 3.8) is 0 Å². The minimum atomic E-state index is -0.836. The van der Waals surface area contributed by atoms with E-state index in [1.807, 2.05) is 0 Å². The Kier molecular flexibility index (Phi) is 4.71. The van der Waals surface area contributed by atoms with Gasteiger partial charge in [0.25, 0.3) is 0 Å². The first kappa shape index (κ1) is 12.9. The van der Waals surface area contributed by atoms with Crippen LogP contribution in [-0.2, 0) is 0 Å². The molecule has 0 spiro atoms. The number of methoxy groups -OCH3 is 3. The summed E-state index contributed by atoms with van der Waals surface area (Å²) in [6, 6.07) is 3.35. The topological polar surface area (TPSA) is 47.9 Å². The fourth-order valence-corrected chi connectivity index (χ4v) is 1.59. The number of hydrogen-bond acceptors (Lipinski definition) is 4. The molecule has 0 saturated heterocycles. The first-order valence-electron chi connectivity index (χ1n) is 4.71. The number of benzene rings is 1. The van der Waals surface area contributed by atoms with E-state index in [2.05, 4.69) is 0 Å². The maximum atomic E-state index is 9.78. The summed E-state index contributed by atoms with van der Waals surface area (Å²) in [6.07, 6.45) is -0.836. The third kappa shape index (κ3) is 2.51. The molecule has 1 aromatic rings. The maximum absolute atomic E-state index is 9.78. The standard InChI is InChI=1S/C11H15ClO4/c1-14-7-4-9(15-2)11(8(13)6-12)10(5-7)16-3/h4-5,8,13H,6H2,1-3H3. The number of rotatable bonds is 5. The lowest BCUT2D eigenvalue weighted by Gasteiger charge is -2.17. The minimum absolute atomic E-state index is 0.0685. The van der Waals surface area contributed by atoms with Crippen LogP contribution in [-0.4, -0.2) is 32.3 Å². The van der Waals surface area contributed by atoms with Crippen molar-refractivity contribution < 1.29 is 19.3 Å². The molecule has 1 rings (SSSR count). The number of ether oxygens (including phenoxy) is 3. The summed E-state index contributed by atoms with van der Waals surface area (Å²) >= 11 is 5.63. The molecule has 1 atom stereocenters. The minimum Gasteiger partial charge on any atom is -0.496 e. The molecule has 5 heteroatoms. The van der Waals surface area contributed by atoms with E-state index in [-0.39, 0.29) is 5.88 Å². The van der Waals surface area contributed by atoms with Crippen molar-refractivity contribution in [1.82, 2.24) is 0 Å². The average molecular weight is 247 g/mol. The molecule has 0 amide bonds. The molecule has 1 unspecified atom stereocenters. The van der Waals surface area contributed by atoms with E-state index in [0.717, 1.165) is 0 Å². The summed E-state index contributed by atoms with van der Waals surface area (Å²) in [4.78, 5) is 0. The predicted molar refractivity (Wildman–Crippen MR) is 61.8 cm³/mol.